The smallest absolute Gasteiger partial charge is 0.219 e. The molecular formula is C7H13NOS2. The largest absolute Gasteiger partial charge is 0.342 e. The number of amides is 1. The van der Waals surface area contributed by atoms with Gasteiger partial charge in [0.2, 0.25) is 5.91 Å². The van der Waals surface area contributed by atoms with Crippen LogP contribution in [0.25, 0.3) is 0 Å². The number of hydrogen-bond acceptors (Lipinski definition) is 3. The average molecular weight is 191 g/mol. The summed E-state index contributed by atoms with van der Waals surface area (Å²) >= 11 is 4.15. The number of hydrogen-bond donors (Lipinski definition) is 1. The van der Waals surface area contributed by atoms with E-state index in [0.29, 0.717) is 5.25 Å². The standard InChI is InChI=1S/C7H13NOS2/c1-6(9)8-4-2-3-7(5-8)11-10/h7,10H,2-5H2,1H3. The molecule has 1 aliphatic heterocycles. The Kier molecular flexibility index (Phi) is 3.59. The summed E-state index contributed by atoms with van der Waals surface area (Å²) in [7, 11) is 1.57. The van der Waals surface area contributed by atoms with Crippen molar-refractivity contribution in [1.29, 1.82) is 0 Å². The van der Waals surface area contributed by atoms with E-state index in [1.165, 1.54) is 6.42 Å². The molecule has 64 valence electrons. The molecule has 1 heterocycles. The Labute approximate surface area is 76.5 Å². The zero-order valence-corrected chi connectivity index (χ0v) is 8.33. The molecule has 2 nitrogen and oxygen atoms in total. The van der Waals surface area contributed by atoms with Crippen molar-refractivity contribution in [2.24, 2.45) is 0 Å². The first-order valence-corrected chi connectivity index (χ1v) is 5.73. The van der Waals surface area contributed by atoms with Crippen molar-refractivity contribution in [3.8, 4) is 0 Å². The van der Waals surface area contributed by atoms with E-state index >= 15 is 0 Å². The fraction of sp³-hybridized carbons (Fsp3) is 0.857. The molecule has 1 atom stereocenters. The van der Waals surface area contributed by atoms with E-state index in [-0.39, 0.29) is 5.91 Å². The molecule has 1 unspecified atom stereocenters. The van der Waals surface area contributed by atoms with Crippen molar-refractivity contribution in [3.05, 3.63) is 0 Å². The maximum absolute atomic E-state index is 11.0. The molecule has 1 amide bonds. The van der Waals surface area contributed by atoms with Gasteiger partial charge in [-0.2, -0.15) is 0 Å². The summed E-state index contributed by atoms with van der Waals surface area (Å²) in [6, 6.07) is 0. The molecule has 0 bridgehead atoms. The first-order valence-electron chi connectivity index (χ1n) is 3.79. The fourth-order valence-corrected chi connectivity index (χ4v) is 2.35. The number of likely N-dealkylation sites (tertiary alicyclic amines) is 1. The maximum atomic E-state index is 11.0. The molecule has 11 heavy (non-hydrogen) atoms. The second-order valence-electron chi connectivity index (χ2n) is 2.83. The number of carbonyl (C=O) groups excluding carboxylic acids is 1. The van der Waals surface area contributed by atoms with Gasteiger partial charge in [-0.3, -0.25) is 4.79 Å². The molecule has 1 aliphatic rings. The molecule has 0 spiro atoms. The van der Waals surface area contributed by atoms with E-state index in [1.54, 1.807) is 17.7 Å². The SMILES string of the molecule is CC(=O)N1CCCC(SS)C1. The van der Waals surface area contributed by atoms with Crippen LogP contribution in [0.1, 0.15) is 19.8 Å². The van der Waals surface area contributed by atoms with Gasteiger partial charge < -0.3 is 4.90 Å². The summed E-state index contributed by atoms with van der Waals surface area (Å²) in [5, 5.41) is 0.538. The van der Waals surface area contributed by atoms with Gasteiger partial charge in [0.25, 0.3) is 0 Å². The molecule has 0 radical (unpaired) electrons. The van der Waals surface area contributed by atoms with Gasteiger partial charge in [-0.15, -0.1) is 11.7 Å². The Bertz CT molecular complexity index is 151. The van der Waals surface area contributed by atoms with Crippen LogP contribution in [0.3, 0.4) is 0 Å². The first-order chi connectivity index (χ1) is 5.24. The molecule has 4 heteroatoms. The molecular weight excluding hydrogens is 178 g/mol. The highest BCUT2D eigenvalue weighted by Crippen LogP contribution is 2.24. The molecule has 0 aliphatic carbocycles. The molecule has 0 aromatic heterocycles. The number of thiol groups is 1. The minimum absolute atomic E-state index is 0.192. The summed E-state index contributed by atoms with van der Waals surface area (Å²) in [5.41, 5.74) is 0. The van der Waals surface area contributed by atoms with Gasteiger partial charge in [0, 0.05) is 25.3 Å². The van der Waals surface area contributed by atoms with Crippen LogP contribution in [0.4, 0.5) is 0 Å². The van der Waals surface area contributed by atoms with Crippen LogP contribution < -0.4 is 0 Å². The first kappa shape index (κ1) is 9.26. The highest BCUT2D eigenvalue weighted by Gasteiger charge is 2.20. The second-order valence-corrected chi connectivity index (χ2v) is 4.34. The quantitative estimate of drug-likeness (QED) is 0.501. The Hall–Kier alpha value is 0.170. The van der Waals surface area contributed by atoms with Gasteiger partial charge in [-0.05, 0) is 12.8 Å². The van der Waals surface area contributed by atoms with Gasteiger partial charge in [-0.25, -0.2) is 0 Å². The van der Waals surface area contributed by atoms with Crippen LogP contribution in [-0.2, 0) is 4.79 Å². The van der Waals surface area contributed by atoms with Crippen molar-refractivity contribution in [2.75, 3.05) is 13.1 Å². The Balaban J connectivity index is 2.39. The van der Waals surface area contributed by atoms with Crippen molar-refractivity contribution in [1.82, 2.24) is 4.90 Å². The Morgan fingerprint density at radius 2 is 2.45 bits per heavy atom. The number of piperidine rings is 1. The highest BCUT2D eigenvalue weighted by molar-refractivity contribution is 8.68. The van der Waals surface area contributed by atoms with E-state index in [9.17, 15) is 4.79 Å². The zero-order valence-electron chi connectivity index (χ0n) is 6.62. The average Bonchev–Trinajstić information content (AvgIpc) is 2.05. The molecule has 0 aromatic carbocycles. The van der Waals surface area contributed by atoms with Gasteiger partial charge in [0.15, 0.2) is 0 Å². The van der Waals surface area contributed by atoms with Crippen LogP contribution in [-0.4, -0.2) is 29.1 Å². The molecule has 0 saturated carbocycles. The van der Waals surface area contributed by atoms with Crippen molar-refractivity contribution in [2.45, 2.75) is 25.0 Å². The molecule has 0 aromatic rings. The third kappa shape index (κ3) is 2.60. The predicted octanol–water partition coefficient (Wildman–Crippen LogP) is 1.58. The van der Waals surface area contributed by atoms with E-state index < -0.39 is 0 Å². The lowest BCUT2D eigenvalue weighted by atomic mass is 10.1. The monoisotopic (exact) mass is 191 g/mol. The topological polar surface area (TPSA) is 20.3 Å². The van der Waals surface area contributed by atoms with Gasteiger partial charge in [0.1, 0.15) is 0 Å². The molecule has 0 N–H and O–H groups in total. The van der Waals surface area contributed by atoms with Crippen molar-refractivity contribution >= 4 is 28.4 Å². The minimum atomic E-state index is 0.192. The van der Waals surface area contributed by atoms with Crippen molar-refractivity contribution in [3.63, 3.8) is 0 Å². The lowest BCUT2D eigenvalue weighted by molar-refractivity contribution is -0.129. The summed E-state index contributed by atoms with van der Waals surface area (Å²) in [6.45, 7) is 3.44. The van der Waals surface area contributed by atoms with Crippen LogP contribution in [0.15, 0.2) is 0 Å². The van der Waals surface area contributed by atoms with Crippen LogP contribution in [0, 0.1) is 0 Å². The second kappa shape index (κ2) is 4.26. The van der Waals surface area contributed by atoms with Crippen molar-refractivity contribution < 1.29 is 4.79 Å². The van der Waals surface area contributed by atoms with Gasteiger partial charge in [-0.1, -0.05) is 10.8 Å². The lowest BCUT2D eigenvalue weighted by Crippen LogP contribution is -2.39. The normalized spacial score (nSPS) is 25.3. The molecule has 1 rings (SSSR count). The fourth-order valence-electron chi connectivity index (χ4n) is 1.31. The zero-order chi connectivity index (χ0) is 8.27. The summed E-state index contributed by atoms with van der Waals surface area (Å²) in [6.07, 6.45) is 2.32. The number of rotatable bonds is 1. The van der Waals surface area contributed by atoms with E-state index in [2.05, 4.69) is 11.7 Å². The summed E-state index contributed by atoms with van der Waals surface area (Å²) in [4.78, 5) is 12.9. The Morgan fingerprint density at radius 1 is 1.73 bits per heavy atom. The van der Waals surface area contributed by atoms with Gasteiger partial charge >= 0.3 is 0 Å². The van der Waals surface area contributed by atoms with E-state index in [1.807, 2.05) is 4.90 Å². The highest BCUT2D eigenvalue weighted by atomic mass is 33.1. The maximum Gasteiger partial charge on any atom is 0.219 e. The Morgan fingerprint density at radius 3 is 3.00 bits per heavy atom. The van der Waals surface area contributed by atoms with E-state index in [4.69, 9.17) is 0 Å². The number of carbonyl (C=O) groups is 1. The van der Waals surface area contributed by atoms with E-state index in [0.717, 1.165) is 19.5 Å². The van der Waals surface area contributed by atoms with Crippen LogP contribution in [0.5, 0.6) is 0 Å². The van der Waals surface area contributed by atoms with Gasteiger partial charge in [0.05, 0.1) is 0 Å². The number of nitrogens with zero attached hydrogens (tertiary/aromatic N) is 1. The summed E-state index contributed by atoms with van der Waals surface area (Å²) in [5.74, 6) is 0.192. The predicted molar refractivity (Wildman–Crippen MR) is 51.9 cm³/mol. The third-order valence-corrected chi connectivity index (χ3v) is 3.55. The summed E-state index contributed by atoms with van der Waals surface area (Å²) < 4.78 is 0. The minimum Gasteiger partial charge on any atom is -0.342 e. The molecule has 1 fully saturated rings. The third-order valence-electron chi connectivity index (χ3n) is 1.97. The van der Waals surface area contributed by atoms with Crippen LogP contribution >= 0.6 is 22.5 Å². The van der Waals surface area contributed by atoms with Crippen LogP contribution in [0.2, 0.25) is 0 Å². The lowest BCUT2D eigenvalue weighted by Gasteiger charge is -2.30. The molecule has 1 saturated heterocycles.